The van der Waals surface area contributed by atoms with Gasteiger partial charge in [0.2, 0.25) is 5.91 Å². The van der Waals surface area contributed by atoms with Gasteiger partial charge < -0.3 is 14.4 Å². The minimum absolute atomic E-state index is 0.0604. The van der Waals surface area contributed by atoms with Crippen molar-refractivity contribution in [3.05, 3.63) is 11.6 Å². The van der Waals surface area contributed by atoms with Crippen molar-refractivity contribution >= 4 is 29.6 Å². The second-order valence-electron chi connectivity index (χ2n) is 9.88. The molecule has 0 aromatic heterocycles. The number of rotatable bonds is 8. The van der Waals surface area contributed by atoms with E-state index in [0.29, 0.717) is 19.1 Å². The molecule has 0 radical (unpaired) electrons. The lowest BCUT2D eigenvalue weighted by molar-refractivity contribution is -0.156. The maximum atomic E-state index is 13.3. The minimum atomic E-state index is -0.578. The van der Waals surface area contributed by atoms with Crippen LogP contribution in [0.5, 0.6) is 0 Å². The van der Waals surface area contributed by atoms with Crippen LogP contribution in [0.4, 0.5) is 0 Å². The largest absolute Gasteiger partial charge is 0.466 e. The van der Waals surface area contributed by atoms with Crippen LogP contribution in [0.2, 0.25) is 0 Å². The van der Waals surface area contributed by atoms with Gasteiger partial charge >= 0.3 is 11.9 Å². The molecule has 0 N–H and O–H groups in total. The molecule has 2 fully saturated rings. The summed E-state index contributed by atoms with van der Waals surface area (Å²) in [6.45, 7) is 12.4. The molecule has 2 rings (SSSR count). The van der Waals surface area contributed by atoms with Crippen LogP contribution in [0.3, 0.4) is 0 Å². The van der Waals surface area contributed by atoms with Crippen LogP contribution in [-0.4, -0.2) is 51.6 Å². The van der Waals surface area contributed by atoms with Crippen molar-refractivity contribution in [2.75, 3.05) is 13.2 Å². The summed E-state index contributed by atoms with van der Waals surface area (Å²) in [5.74, 6) is -0.0756. The lowest BCUT2D eigenvalue weighted by Gasteiger charge is -2.41. The fourth-order valence-electron chi connectivity index (χ4n) is 4.12. The van der Waals surface area contributed by atoms with Crippen LogP contribution in [0.15, 0.2) is 11.6 Å². The molecule has 31 heavy (non-hydrogen) atoms. The van der Waals surface area contributed by atoms with E-state index in [0.717, 1.165) is 32.1 Å². The highest BCUT2D eigenvalue weighted by Crippen LogP contribution is 2.52. The number of thioether (sulfide) groups is 1. The van der Waals surface area contributed by atoms with E-state index in [1.54, 1.807) is 18.7 Å². The van der Waals surface area contributed by atoms with E-state index in [4.69, 9.17) is 9.47 Å². The molecule has 0 aromatic carbocycles. The molecule has 1 spiro atoms. The molecular weight excluding hydrogens is 414 g/mol. The molecule has 7 heteroatoms. The molecule has 1 saturated carbocycles. The zero-order chi connectivity index (χ0) is 23.2. The van der Waals surface area contributed by atoms with Crippen LogP contribution in [0, 0.1) is 5.92 Å². The normalized spacial score (nSPS) is 24.1. The van der Waals surface area contributed by atoms with Crippen molar-refractivity contribution in [2.45, 2.75) is 102 Å². The van der Waals surface area contributed by atoms with Crippen molar-refractivity contribution in [3.8, 4) is 0 Å². The zero-order valence-corrected chi connectivity index (χ0v) is 20.8. The molecule has 1 amide bonds. The van der Waals surface area contributed by atoms with Gasteiger partial charge in [0.05, 0.1) is 29.6 Å². The third-order valence-corrected chi connectivity index (χ3v) is 7.28. The molecule has 1 unspecified atom stereocenters. The summed E-state index contributed by atoms with van der Waals surface area (Å²) in [5, 5.41) is -0.460. The first-order valence-electron chi connectivity index (χ1n) is 11.5. The van der Waals surface area contributed by atoms with E-state index in [1.807, 2.05) is 25.7 Å². The summed E-state index contributed by atoms with van der Waals surface area (Å²) in [6, 6.07) is 0. The smallest absolute Gasteiger partial charge is 0.307 e. The number of hydrogen-bond acceptors (Lipinski definition) is 6. The summed E-state index contributed by atoms with van der Waals surface area (Å²) in [5.41, 5.74) is 0.874. The van der Waals surface area contributed by atoms with Gasteiger partial charge in [0.25, 0.3) is 0 Å². The van der Waals surface area contributed by atoms with Crippen LogP contribution < -0.4 is 0 Å². The molecule has 1 aliphatic carbocycles. The van der Waals surface area contributed by atoms with E-state index in [1.165, 1.54) is 5.57 Å². The average molecular weight is 454 g/mol. The van der Waals surface area contributed by atoms with Crippen molar-refractivity contribution in [1.29, 1.82) is 0 Å². The number of allylic oxidation sites excluding steroid dienone is 2. The summed E-state index contributed by atoms with van der Waals surface area (Å²) in [6.07, 6.45) is 7.25. The van der Waals surface area contributed by atoms with Gasteiger partial charge in [-0.3, -0.25) is 14.4 Å². The predicted molar refractivity (Wildman–Crippen MR) is 124 cm³/mol. The summed E-state index contributed by atoms with van der Waals surface area (Å²) in [7, 11) is 0. The lowest BCUT2D eigenvalue weighted by Crippen LogP contribution is -2.47. The summed E-state index contributed by atoms with van der Waals surface area (Å²) < 4.78 is 10.5. The third-order valence-electron chi connectivity index (χ3n) is 5.56. The molecule has 1 aliphatic heterocycles. The number of hydrogen-bond donors (Lipinski definition) is 0. The van der Waals surface area contributed by atoms with Gasteiger partial charge in [-0.2, -0.15) is 0 Å². The van der Waals surface area contributed by atoms with Crippen LogP contribution in [0.1, 0.15) is 86.5 Å². The number of carbonyl (C=O) groups excluding carboxylic acids is 3. The first kappa shape index (κ1) is 25.8. The maximum absolute atomic E-state index is 13.3. The third kappa shape index (κ3) is 7.55. The van der Waals surface area contributed by atoms with E-state index < -0.39 is 10.9 Å². The van der Waals surface area contributed by atoms with Crippen LogP contribution in [0.25, 0.3) is 0 Å². The summed E-state index contributed by atoms with van der Waals surface area (Å²) in [4.78, 5) is 39.1. The van der Waals surface area contributed by atoms with Crippen molar-refractivity contribution in [3.63, 3.8) is 0 Å². The Morgan fingerprint density at radius 3 is 2.42 bits per heavy atom. The van der Waals surface area contributed by atoms with E-state index in [9.17, 15) is 14.4 Å². The molecule has 6 nitrogen and oxygen atoms in total. The van der Waals surface area contributed by atoms with E-state index in [-0.39, 0.29) is 35.6 Å². The molecular formula is C24H39NO5S. The highest BCUT2D eigenvalue weighted by Gasteiger charge is 2.52. The fraction of sp³-hybridized carbons (Fsp3) is 0.792. The lowest BCUT2D eigenvalue weighted by atomic mass is 9.87. The maximum Gasteiger partial charge on any atom is 0.307 e. The van der Waals surface area contributed by atoms with Gasteiger partial charge in [-0.25, -0.2) is 0 Å². The first-order chi connectivity index (χ1) is 14.5. The number of nitrogens with zero attached hydrogens (tertiary/aromatic N) is 1. The molecule has 0 aromatic rings. The van der Waals surface area contributed by atoms with Gasteiger partial charge in [-0.1, -0.05) is 25.5 Å². The molecule has 0 bridgehead atoms. The highest BCUT2D eigenvalue weighted by molar-refractivity contribution is 8.02. The van der Waals surface area contributed by atoms with Gasteiger partial charge in [0, 0.05) is 6.54 Å². The minimum Gasteiger partial charge on any atom is -0.466 e. The monoisotopic (exact) mass is 453 g/mol. The Morgan fingerprint density at radius 2 is 1.87 bits per heavy atom. The standard InChI is InChI=1S/C24H39NO5S/c1-7-29-20(26)12-15-25-22(28)19(16-21(27)30-23(4,5)6)31-24(25)13-10-18(11-14-24)9-8-17(2)3/h9,17,19H,7-8,10-16H2,1-6H3. The SMILES string of the molecule is CCOC(=O)CCN1C(=O)C(CC(=O)OC(C)(C)C)SC12CCC(=CCC(C)C)CC2. The van der Waals surface area contributed by atoms with Gasteiger partial charge in [0.1, 0.15) is 5.60 Å². The van der Waals surface area contributed by atoms with Gasteiger partial charge in [-0.05, 0) is 65.7 Å². The molecule has 176 valence electrons. The Bertz CT molecular complexity index is 685. The average Bonchev–Trinajstić information content (AvgIpc) is 2.89. The Kier molecular flexibility index (Phi) is 9.04. The Labute approximate surface area is 191 Å². The molecule has 1 atom stereocenters. The van der Waals surface area contributed by atoms with Crippen LogP contribution >= 0.6 is 11.8 Å². The van der Waals surface area contributed by atoms with Crippen LogP contribution in [-0.2, 0) is 23.9 Å². The predicted octanol–water partition coefficient (Wildman–Crippen LogP) is 4.86. The first-order valence-corrected chi connectivity index (χ1v) is 12.4. The van der Waals surface area contributed by atoms with E-state index >= 15 is 0 Å². The number of esters is 2. The fourth-order valence-corrected chi connectivity index (χ4v) is 5.85. The topological polar surface area (TPSA) is 72.9 Å². The van der Waals surface area contributed by atoms with Gasteiger partial charge in [0.15, 0.2) is 0 Å². The zero-order valence-electron chi connectivity index (χ0n) is 20.0. The molecule has 2 aliphatic rings. The number of carbonyl (C=O) groups is 3. The number of amides is 1. The van der Waals surface area contributed by atoms with Crippen molar-refractivity contribution < 1.29 is 23.9 Å². The van der Waals surface area contributed by atoms with E-state index in [2.05, 4.69) is 19.9 Å². The molecule has 1 saturated heterocycles. The quantitative estimate of drug-likeness (QED) is 0.386. The van der Waals surface area contributed by atoms with Crippen molar-refractivity contribution in [1.82, 2.24) is 4.90 Å². The van der Waals surface area contributed by atoms with Crippen molar-refractivity contribution in [2.24, 2.45) is 5.92 Å². The number of ether oxygens (including phenoxy) is 2. The summed E-state index contributed by atoms with van der Waals surface area (Å²) >= 11 is 1.59. The Balaban J connectivity index is 2.12. The second-order valence-corrected chi connectivity index (χ2v) is 11.4. The molecule has 1 heterocycles. The van der Waals surface area contributed by atoms with Gasteiger partial charge in [-0.15, -0.1) is 11.8 Å². The second kappa shape index (κ2) is 10.9. The highest BCUT2D eigenvalue weighted by atomic mass is 32.2. The Morgan fingerprint density at radius 1 is 1.23 bits per heavy atom. The Hall–Kier alpha value is -1.50.